The molecule has 2 aliphatic carbocycles. The first kappa shape index (κ1) is 37.4. The molecule has 0 aliphatic heterocycles. The molecule has 2 fully saturated rings. The normalized spacial score (nSPS) is 19.2. The van der Waals surface area contributed by atoms with Crippen LogP contribution in [0, 0.1) is 11.8 Å². The number of fused-ring (bicyclic) bond motifs is 2. The summed E-state index contributed by atoms with van der Waals surface area (Å²) in [5, 5.41) is 0. The summed E-state index contributed by atoms with van der Waals surface area (Å²) in [7, 11) is 1.61. The Labute approximate surface area is 291 Å². The van der Waals surface area contributed by atoms with Crippen LogP contribution in [0.2, 0.25) is 0 Å². The topological polar surface area (TPSA) is 95.8 Å². The van der Waals surface area contributed by atoms with Gasteiger partial charge >= 0.3 is 0 Å². The van der Waals surface area contributed by atoms with Gasteiger partial charge in [-0.25, -0.2) is 35.9 Å². The van der Waals surface area contributed by atoms with Crippen LogP contribution in [0.15, 0.2) is 41.3 Å². The van der Waals surface area contributed by atoms with E-state index < -0.39 is 20.9 Å². The molecule has 0 amide bonds. The highest BCUT2D eigenvalue weighted by molar-refractivity contribution is 8.13. The van der Waals surface area contributed by atoms with Crippen LogP contribution in [0.5, 0.6) is 0 Å². The third kappa shape index (κ3) is 8.90. The fourth-order valence-corrected chi connectivity index (χ4v) is 7.78. The van der Waals surface area contributed by atoms with E-state index in [9.17, 15) is 26.0 Å². The Morgan fingerprint density at radius 3 is 1.51 bits per heavy atom. The van der Waals surface area contributed by atoms with Gasteiger partial charge < -0.3 is 14.9 Å². The van der Waals surface area contributed by atoms with Gasteiger partial charge in [0.05, 0.1) is 27.0 Å². The van der Waals surface area contributed by atoms with E-state index in [1.54, 1.807) is 6.07 Å². The first-order valence-electron chi connectivity index (χ1n) is 17.0. The van der Waals surface area contributed by atoms with Gasteiger partial charge in [-0.15, -0.1) is 0 Å². The number of benzene rings is 2. The van der Waals surface area contributed by atoms with Gasteiger partial charge in [0.2, 0.25) is 11.8 Å². The second-order valence-electron chi connectivity index (χ2n) is 16.0. The average molecular weight is 726 g/mol. The van der Waals surface area contributed by atoms with Crippen LogP contribution in [0.1, 0.15) is 105 Å². The first-order valence-corrected chi connectivity index (χ1v) is 19.3. The van der Waals surface area contributed by atoms with Crippen molar-refractivity contribution in [2.24, 2.45) is 11.8 Å². The molecule has 6 rings (SSSR count). The lowest BCUT2D eigenvalue weighted by Crippen LogP contribution is -2.28. The molecule has 0 saturated heterocycles. The smallest absolute Gasteiger partial charge is 0.261 e. The van der Waals surface area contributed by atoms with Gasteiger partial charge in [0.1, 0.15) is 11.6 Å². The van der Waals surface area contributed by atoms with Crippen molar-refractivity contribution < 1.29 is 26.0 Å². The molecule has 7 nitrogen and oxygen atoms in total. The van der Waals surface area contributed by atoms with Gasteiger partial charge in [0.15, 0.2) is 0 Å². The van der Waals surface area contributed by atoms with Gasteiger partial charge in [-0.2, -0.15) is 0 Å². The van der Waals surface area contributed by atoms with Gasteiger partial charge in [-0.3, -0.25) is 0 Å². The molecule has 0 atom stereocenters. The summed E-state index contributed by atoms with van der Waals surface area (Å²) in [6.45, 7) is 13.8. The van der Waals surface area contributed by atoms with Crippen molar-refractivity contribution >= 4 is 47.5 Å². The molecule has 2 aliphatic rings. The quantitative estimate of drug-likeness (QED) is 0.126. The minimum absolute atomic E-state index is 0.00208. The van der Waals surface area contributed by atoms with Crippen LogP contribution in [-0.2, 0) is 33.0 Å². The van der Waals surface area contributed by atoms with Crippen molar-refractivity contribution in [3.63, 3.8) is 0 Å². The highest BCUT2D eigenvalue weighted by Crippen LogP contribution is 2.40. The molecule has 0 radical (unpaired) electrons. The average Bonchev–Trinajstić information content (AvgIpc) is 3.53. The van der Waals surface area contributed by atoms with Gasteiger partial charge in [0.25, 0.3) is 9.05 Å². The lowest BCUT2D eigenvalue weighted by atomic mass is 9.86. The van der Waals surface area contributed by atoms with Crippen molar-refractivity contribution in [3.8, 4) is 0 Å². The Morgan fingerprint density at radius 2 is 1.12 bits per heavy atom. The summed E-state index contributed by atoms with van der Waals surface area (Å²) in [5.74, 6) is -2.78. The van der Waals surface area contributed by atoms with E-state index in [1.807, 2.05) is 43.5 Å². The van der Waals surface area contributed by atoms with Crippen LogP contribution in [0.25, 0.3) is 22.1 Å². The summed E-state index contributed by atoms with van der Waals surface area (Å²) < 4.78 is 81.1. The molecule has 13 heteroatoms. The minimum atomic E-state index is -3.83. The maximum atomic E-state index is 13.4. The van der Waals surface area contributed by atoms with Crippen molar-refractivity contribution in [2.75, 3.05) is 5.73 Å². The molecule has 2 aromatic heterocycles. The van der Waals surface area contributed by atoms with Crippen molar-refractivity contribution in [1.82, 2.24) is 19.1 Å². The van der Waals surface area contributed by atoms with Crippen LogP contribution < -0.4 is 5.73 Å². The summed E-state index contributed by atoms with van der Waals surface area (Å²) in [4.78, 5) is 9.43. The Morgan fingerprint density at radius 1 is 0.735 bits per heavy atom. The van der Waals surface area contributed by atoms with Crippen LogP contribution in [-0.4, -0.2) is 39.4 Å². The predicted molar refractivity (Wildman–Crippen MR) is 188 cm³/mol. The fourth-order valence-electron chi connectivity index (χ4n) is 7.00. The SMILES string of the molecule is CC(C)(C)c1nc2cc(N)ccc2n1CC1CCC(F)(F)CC1.CC(C)(C)c1nc2cc(S(=O)(=O)Cl)ccc2n1CC1CCC(F)(F)CC1. The standard InChI is InChI=1S/C18H23ClF2N2O2S.C18H25F2N3/c1-17(2,3)16-22-14-10-13(26(19,24)25)4-5-15(14)23(16)11-12-6-8-18(20,21)9-7-12;1-17(2,3)16-22-14-10-13(21)4-5-15(14)23(16)11-12-6-8-18(19,20)9-7-12/h4-5,10,12H,6-9,11H2,1-3H3;4-5,10,12H,6-9,11,21H2,1-3H3. The van der Waals surface area contributed by atoms with Crippen molar-refractivity contribution in [1.29, 1.82) is 0 Å². The maximum Gasteiger partial charge on any atom is 0.261 e. The number of halogens is 5. The third-order valence-corrected chi connectivity index (χ3v) is 11.0. The number of imidazole rings is 2. The number of nitrogens with two attached hydrogens (primary N) is 1. The van der Waals surface area contributed by atoms with E-state index in [0.717, 1.165) is 34.7 Å². The molecule has 0 bridgehead atoms. The lowest BCUT2D eigenvalue weighted by Gasteiger charge is -2.30. The summed E-state index contributed by atoms with van der Waals surface area (Å²) in [6.07, 6.45) is 1.95. The molecule has 0 unspecified atom stereocenters. The summed E-state index contributed by atoms with van der Waals surface area (Å²) in [5.41, 5.74) is 9.48. The van der Waals surface area contributed by atoms with Crippen LogP contribution in [0.3, 0.4) is 0 Å². The third-order valence-electron chi connectivity index (χ3n) is 9.67. The Bertz CT molecular complexity index is 1910. The highest BCUT2D eigenvalue weighted by Gasteiger charge is 2.37. The Balaban J connectivity index is 0.000000192. The van der Waals surface area contributed by atoms with Crippen molar-refractivity contribution in [2.45, 2.75) is 134 Å². The number of nitrogens with zero attached hydrogens (tertiary/aromatic N) is 4. The molecule has 2 saturated carbocycles. The summed E-state index contributed by atoms with van der Waals surface area (Å²) >= 11 is 0. The zero-order valence-electron chi connectivity index (χ0n) is 29.2. The number of alkyl halides is 4. The molecular weight excluding hydrogens is 678 g/mol. The van der Waals surface area contributed by atoms with Gasteiger partial charge in [-0.1, -0.05) is 41.5 Å². The number of hydrogen-bond donors (Lipinski definition) is 1. The van der Waals surface area contributed by atoms with E-state index in [4.69, 9.17) is 21.4 Å². The molecule has 270 valence electrons. The maximum absolute atomic E-state index is 13.4. The van der Waals surface area contributed by atoms with E-state index >= 15 is 0 Å². The second kappa shape index (κ2) is 13.4. The number of nitrogen functional groups attached to an aromatic ring is 1. The summed E-state index contributed by atoms with van der Waals surface area (Å²) in [6, 6.07) is 10.4. The van der Waals surface area contributed by atoms with E-state index in [2.05, 4.69) is 30.3 Å². The molecule has 0 spiro atoms. The predicted octanol–water partition coefficient (Wildman–Crippen LogP) is 9.83. The minimum Gasteiger partial charge on any atom is -0.399 e. The van der Waals surface area contributed by atoms with Crippen LogP contribution in [0.4, 0.5) is 23.2 Å². The van der Waals surface area contributed by atoms with E-state index in [0.29, 0.717) is 43.4 Å². The molecule has 2 aromatic carbocycles. The molecule has 2 N–H and O–H groups in total. The number of aromatic nitrogens is 4. The highest BCUT2D eigenvalue weighted by atomic mass is 35.7. The van der Waals surface area contributed by atoms with E-state index in [1.165, 1.54) is 12.1 Å². The number of rotatable bonds is 5. The monoisotopic (exact) mass is 725 g/mol. The molecule has 49 heavy (non-hydrogen) atoms. The Kier molecular flexibility index (Phi) is 10.2. The number of hydrogen-bond acceptors (Lipinski definition) is 5. The largest absolute Gasteiger partial charge is 0.399 e. The lowest BCUT2D eigenvalue weighted by molar-refractivity contribution is -0.0478. The van der Waals surface area contributed by atoms with Gasteiger partial charge in [-0.05, 0) is 73.9 Å². The van der Waals surface area contributed by atoms with E-state index in [-0.39, 0.29) is 53.2 Å². The Hall–Kier alpha value is -2.86. The molecule has 4 aromatic rings. The van der Waals surface area contributed by atoms with Crippen molar-refractivity contribution in [3.05, 3.63) is 48.0 Å². The zero-order chi connectivity index (χ0) is 36.2. The zero-order valence-corrected chi connectivity index (χ0v) is 30.7. The number of anilines is 1. The fraction of sp³-hybridized carbons (Fsp3) is 0.611. The van der Waals surface area contributed by atoms with Gasteiger partial charge in [0, 0.05) is 66.0 Å². The first-order chi connectivity index (χ1) is 22.5. The molecule has 2 heterocycles. The molecular formula is C36H48ClF4N5O2S. The van der Waals surface area contributed by atoms with Crippen LogP contribution >= 0.6 is 10.7 Å². The second-order valence-corrected chi connectivity index (χ2v) is 18.6.